The van der Waals surface area contributed by atoms with Crippen molar-refractivity contribution >= 4 is 51.9 Å². The molecule has 0 aliphatic carbocycles. The molecule has 4 nitrogen and oxygen atoms in total. The van der Waals surface area contributed by atoms with Crippen LogP contribution in [0.5, 0.6) is 0 Å². The van der Waals surface area contributed by atoms with Crippen molar-refractivity contribution in [1.29, 1.82) is 0 Å². The van der Waals surface area contributed by atoms with E-state index in [9.17, 15) is 0 Å². The predicted molar refractivity (Wildman–Crippen MR) is 92.1 cm³/mol. The van der Waals surface area contributed by atoms with E-state index in [1.165, 1.54) is 11.5 Å². The van der Waals surface area contributed by atoms with Crippen molar-refractivity contribution in [2.24, 2.45) is 0 Å². The third-order valence-electron chi connectivity index (χ3n) is 2.67. The normalized spacial score (nSPS) is 19.4. The number of hydrogen-bond donors (Lipinski definition) is 1. The Balaban J connectivity index is 2.30. The van der Waals surface area contributed by atoms with Crippen molar-refractivity contribution in [3.63, 3.8) is 0 Å². The second-order valence-corrected chi connectivity index (χ2v) is 7.63. The molecule has 106 valence electrons. The lowest BCUT2D eigenvalue weighted by Crippen LogP contribution is -2.15. The second kappa shape index (κ2) is 7.90. The van der Waals surface area contributed by atoms with Crippen molar-refractivity contribution in [3.05, 3.63) is 15.1 Å². The minimum Gasteiger partial charge on any atom is -0.378 e. The molecule has 1 fully saturated rings. The summed E-state index contributed by atoms with van der Waals surface area (Å²) in [7, 11) is 1.70. The van der Waals surface area contributed by atoms with Crippen molar-refractivity contribution in [3.8, 4) is 0 Å². The number of hydrogen-bond acceptors (Lipinski definition) is 6. The number of halogens is 1. The third kappa shape index (κ3) is 4.12. The SMILES string of the molecule is CCNc1nc(C2CSCCS2)nc(COC)c1I. The molecule has 1 N–H and O–H groups in total. The van der Waals surface area contributed by atoms with E-state index in [2.05, 4.69) is 34.8 Å². The summed E-state index contributed by atoms with van der Waals surface area (Å²) in [5, 5.41) is 3.73. The Labute approximate surface area is 136 Å². The van der Waals surface area contributed by atoms with Gasteiger partial charge in [0.1, 0.15) is 11.6 Å². The molecule has 0 spiro atoms. The molecule has 1 unspecified atom stereocenters. The van der Waals surface area contributed by atoms with Crippen LogP contribution >= 0.6 is 46.1 Å². The molecule has 7 heteroatoms. The summed E-state index contributed by atoms with van der Waals surface area (Å²) in [6.07, 6.45) is 0. The number of methoxy groups -OCH3 is 1. The highest BCUT2D eigenvalue weighted by atomic mass is 127. The molecule has 0 amide bonds. The molecule has 0 aromatic carbocycles. The van der Waals surface area contributed by atoms with Crippen molar-refractivity contribution in [1.82, 2.24) is 9.97 Å². The number of thioether (sulfide) groups is 2. The molecule has 1 aliphatic heterocycles. The second-order valence-electron chi connectivity index (χ2n) is 4.09. The van der Waals surface area contributed by atoms with Gasteiger partial charge in [0.05, 0.1) is 21.1 Å². The zero-order valence-electron chi connectivity index (χ0n) is 11.1. The van der Waals surface area contributed by atoms with Crippen LogP contribution in [0.2, 0.25) is 0 Å². The van der Waals surface area contributed by atoms with E-state index in [4.69, 9.17) is 14.7 Å². The van der Waals surface area contributed by atoms with Crippen LogP contribution in [0.3, 0.4) is 0 Å². The smallest absolute Gasteiger partial charge is 0.144 e. The van der Waals surface area contributed by atoms with Gasteiger partial charge in [-0.3, -0.25) is 0 Å². The summed E-state index contributed by atoms with van der Waals surface area (Å²) in [6.45, 7) is 3.49. The monoisotopic (exact) mass is 411 g/mol. The molecular weight excluding hydrogens is 393 g/mol. The van der Waals surface area contributed by atoms with Crippen molar-refractivity contribution in [2.75, 3.05) is 36.2 Å². The lowest BCUT2D eigenvalue weighted by molar-refractivity contribution is 0.180. The Morgan fingerprint density at radius 1 is 1.42 bits per heavy atom. The minimum atomic E-state index is 0.406. The standard InChI is InChI=1S/C12H18IN3OS2/c1-3-14-12-10(13)8(6-17-2)15-11(16-12)9-7-18-4-5-19-9/h9H,3-7H2,1-2H3,(H,14,15,16). The van der Waals surface area contributed by atoms with E-state index < -0.39 is 0 Å². The first-order valence-electron chi connectivity index (χ1n) is 6.24. The number of ether oxygens (including phenoxy) is 1. The Kier molecular flexibility index (Phi) is 6.51. The molecule has 1 atom stereocenters. The van der Waals surface area contributed by atoms with Crippen LogP contribution in [0.1, 0.15) is 23.7 Å². The lowest BCUT2D eigenvalue weighted by atomic mass is 10.3. The van der Waals surface area contributed by atoms with Gasteiger partial charge >= 0.3 is 0 Å². The summed E-state index contributed by atoms with van der Waals surface area (Å²) in [5.41, 5.74) is 0.986. The fourth-order valence-corrected chi connectivity index (χ4v) is 5.00. The Hall–Kier alpha value is 0.270. The lowest BCUT2D eigenvalue weighted by Gasteiger charge is -2.21. The third-order valence-corrected chi connectivity index (χ3v) is 6.55. The highest BCUT2D eigenvalue weighted by Gasteiger charge is 2.22. The van der Waals surface area contributed by atoms with Gasteiger partial charge in [-0.05, 0) is 29.5 Å². The Morgan fingerprint density at radius 2 is 2.26 bits per heavy atom. The topological polar surface area (TPSA) is 47.0 Å². The van der Waals surface area contributed by atoms with Gasteiger partial charge in [0.2, 0.25) is 0 Å². The van der Waals surface area contributed by atoms with Crippen LogP contribution in [-0.4, -0.2) is 40.9 Å². The maximum atomic E-state index is 5.25. The van der Waals surface area contributed by atoms with Gasteiger partial charge in [-0.15, -0.1) is 11.8 Å². The largest absolute Gasteiger partial charge is 0.378 e. The van der Waals surface area contributed by atoms with E-state index in [0.717, 1.165) is 33.2 Å². The molecule has 0 bridgehead atoms. The van der Waals surface area contributed by atoms with Crippen LogP contribution in [0, 0.1) is 3.57 Å². The zero-order chi connectivity index (χ0) is 13.7. The molecule has 19 heavy (non-hydrogen) atoms. The number of nitrogens with zero attached hydrogens (tertiary/aromatic N) is 2. The van der Waals surface area contributed by atoms with E-state index >= 15 is 0 Å². The van der Waals surface area contributed by atoms with Crippen molar-refractivity contribution < 1.29 is 4.74 Å². The first-order chi connectivity index (χ1) is 9.26. The van der Waals surface area contributed by atoms with Gasteiger partial charge in [-0.2, -0.15) is 11.8 Å². The van der Waals surface area contributed by atoms with Crippen LogP contribution in [0.4, 0.5) is 5.82 Å². The first kappa shape index (κ1) is 15.7. The van der Waals surface area contributed by atoms with Gasteiger partial charge in [-0.25, -0.2) is 9.97 Å². The molecule has 1 saturated heterocycles. The van der Waals surface area contributed by atoms with Gasteiger partial charge in [0.25, 0.3) is 0 Å². The average molecular weight is 411 g/mol. The molecule has 1 aromatic rings. The maximum absolute atomic E-state index is 5.25. The highest BCUT2D eigenvalue weighted by molar-refractivity contribution is 14.1. The predicted octanol–water partition coefficient (Wildman–Crippen LogP) is 3.18. The number of rotatable bonds is 5. The van der Waals surface area contributed by atoms with E-state index in [0.29, 0.717) is 11.9 Å². The number of nitrogens with one attached hydrogen (secondary N) is 1. The molecule has 1 aromatic heterocycles. The average Bonchev–Trinajstić information content (AvgIpc) is 2.44. The summed E-state index contributed by atoms with van der Waals surface area (Å²) in [5.74, 6) is 5.40. The molecule has 2 rings (SSSR count). The summed E-state index contributed by atoms with van der Waals surface area (Å²) < 4.78 is 6.32. The summed E-state index contributed by atoms with van der Waals surface area (Å²) in [4.78, 5) is 9.42. The van der Waals surface area contributed by atoms with E-state index in [-0.39, 0.29) is 0 Å². The Bertz CT molecular complexity index is 400. The molecular formula is C12H18IN3OS2. The molecule has 0 radical (unpaired) electrons. The number of anilines is 1. The molecule has 1 aliphatic rings. The zero-order valence-corrected chi connectivity index (χ0v) is 14.9. The molecule has 2 heterocycles. The van der Waals surface area contributed by atoms with Gasteiger partial charge in [0, 0.05) is 30.9 Å². The summed E-state index contributed by atoms with van der Waals surface area (Å²) >= 11 is 6.24. The minimum absolute atomic E-state index is 0.406. The van der Waals surface area contributed by atoms with Crippen LogP contribution < -0.4 is 5.32 Å². The quantitative estimate of drug-likeness (QED) is 0.752. The van der Waals surface area contributed by atoms with Crippen LogP contribution in [0.25, 0.3) is 0 Å². The van der Waals surface area contributed by atoms with Crippen molar-refractivity contribution in [2.45, 2.75) is 18.8 Å². The van der Waals surface area contributed by atoms with E-state index in [1.54, 1.807) is 7.11 Å². The summed E-state index contributed by atoms with van der Waals surface area (Å²) in [6, 6.07) is 0. The fraction of sp³-hybridized carbons (Fsp3) is 0.667. The number of aromatic nitrogens is 2. The van der Waals surface area contributed by atoms with Gasteiger partial charge in [-0.1, -0.05) is 0 Å². The highest BCUT2D eigenvalue weighted by Crippen LogP contribution is 2.36. The van der Waals surface area contributed by atoms with Crippen LogP contribution in [0.15, 0.2) is 0 Å². The molecule has 0 saturated carbocycles. The van der Waals surface area contributed by atoms with Gasteiger partial charge < -0.3 is 10.1 Å². The Morgan fingerprint density at radius 3 is 2.89 bits per heavy atom. The fourth-order valence-electron chi connectivity index (χ4n) is 1.81. The maximum Gasteiger partial charge on any atom is 0.144 e. The van der Waals surface area contributed by atoms with Gasteiger partial charge in [0.15, 0.2) is 0 Å². The van der Waals surface area contributed by atoms with Crippen LogP contribution in [-0.2, 0) is 11.3 Å². The first-order valence-corrected chi connectivity index (χ1v) is 9.53. The van der Waals surface area contributed by atoms with E-state index in [1.807, 2.05) is 23.5 Å².